The lowest BCUT2D eigenvalue weighted by molar-refractivity contribution is 0.166. The fraction of sp³-hybridized carbons (Fsp3) is 0.300. The van der Waals surface area contributed by atoms with Gasteiger partial charge >= 0.3 is 0 Å². The normalized spacial score (nSPS) is 13.3. The van der Waals surface area contributed by atoms with E-state index in [0.29, 0.717) is 18.7 Å². The van der Waals surface area contributed by atoms with Gasteiger partial charge in [0.15, 0.2) is 0 Å². The van der Waals surface area contributed by atoms with Gasteiger partial charge in [0.1, 0.15) is 5.65 Å². The topological polar surface area (TPSA) is 63.5 Å². The van der Waals surface area contributed by atoms with Gasteiger partial charge in [-0.3, -0.25) is 0 Å². The monoisotopic (exact) mass is 191 g/mol. The van der Waals surface area contributed by atoms with Crippen molar-refractivity contribution in [3.63, 3.8) is 0 Å². The fourth-order valence-electron chi connectivity index (χ4n) is 1.42. The summed E-state index contributed by atoms with van der Waals surface area (Å²) in [7, 11) is 0. The van der Waals surface area contributed by atoms with Crippen molar-refractivity contribution in [1.82, 2.24) is 9.38 Å². The number of nitrogens with two attached hydrogens (primary N) is 1. The van der Waals surface area contributed by atoms with Gasteiger partial charge in [0, 0.05) is 12.4 Å². The molecule has 0 spiro atoms. The second-order valence-electron chi connectivity index (χ2n) is 3.23. The van der Waals surface area contributed by atoms with E-state index in [0.717, 1.165) is 5.65 Å². The van der Waals surface area contributed by atoms with Gasteiger partial charge in [-0.15, -0.1) is 0 Å². The Labute approximate surface area is 82.0 Å². The molecule has 2 aromatic heterocycles. The van der Waals surface area contributed by atoms with Crippen molar-refractivity contribution in [1.29, 1.82) is 0 Å². The number of pyridine rings is 1. The standard InChI is InChI=1S/C10H13N3O/c11-5-4-9(14)8-7-13-6-2-1-3-10(13)12-8/h1-3,6-7,9,14H,4-5,11H2/t9-/m0/s1. The largest absolute Gasteiger partial charge is 0.387 e. The second-order valence-corrected chi connectivity index (χ2v) is 3.23. The number of hydrogen-bond donors (Lipinski definition) is 2. The first-order chi connectivity index (χ1) is 6.81. The molecule has 2 aromatic rings. The van der Waals surface area contributed by atoms with Crippen LogP contribution in [0.15, 0.2) is 30.6 Å². The maximum absolute atomic E-state index is 9.67. The molecule has 0 saturated heterocycles. The van der Waals surface area contributed by atoms with Gasteiger partial charge in [0.25, 0.3) is 0 Å². The van der Waals surface area contributed by atoms with Crippen LogP contribution in [0.1, 0.15) is 18.2 Å². The van der Waals surface area contributed by atoms with Crippen LogP contribution >= 0.6 is 0 Å². The predicted octanol–water partition coefficient (Wildman–Crippen LogP) is 0.717. The molecule has 0 bridgehead atoms. The molecule has 0 amide bonds. The van der Waals surface area contributed by atoms with Gasteiger partial charge in [-0.25, -0.2) is 4.98 Å². The molecule has 14 heavy (non-hydrogen) atoms. The van der Waals surface area contributed by atoms with Crippen molar-refractivity contribution in [3.8, 4) is 0 Å². The average Bonchev–Trinajstić information content (AvgIpc) is 2.61. The Morgan fingerprint density at radius 1 is 1.50 bits per heavy atom. The zero-order chi connectivity index (χ0) is 9.97. The Morgan fingerprint density at radius 3 is 3.07 bits per heavy atom. The van der Waals surface area contributed by atoms with E-state index in [9.17, 15) is 5.11 Å². The van der Waals surface area contributed by atoms with E-state index in [4.69, 9.17) is 5.73 Å². The highest BCUT2D eigenvalue weighted by atomic mass is 16.3. The molecular weight excluding hydrogens is 178 g/mol. The maximum atomic E-state index is 9.67. The Hall–Kier alpha value is -1.39. The number of hydrogen-bond acceptors (Lipinski definition) is 3. The van der Waals surface area contributed by atoms with Gasteiger partial charge in [-0.05, 0) is 25.1 Å². The lowest BCUT2D eigenvalue weighted by atomic mass is 10.2. The molecular formula is C10H13N3O. The molecule has 0 aromatic carbocycles. The third-order valence-corrected chi connectivity index (χ3v) is 2.16. The summed E-state index contributed by atoms with van der Waals surface area (Å²) in [5.41, 5.74) is 6.89. The summed E-state index contributed by atoms with van der Waals surface area (Å²) in [6.45, 7) is 0.467. The number of aromatic nitrogens is 2. The third-order valence-electron chi connectivity index (χ3n) is 2.16. The Bertz CT molecular complexity index is 391. The second kappa shape index (κ2) is 3.77. The Kier molecular flexibility index (Phi) is 2.47. The number of rotatable bonds is 3. The van der Waals surface area contributed by atoms with E-state index in [1.165, 1.54) is 0 Å². The number of aliphatic hydroxyl groups excluding tert-OH is 1. The molecule has 0 unspecified atom stereocenters. The third kappa shape index (κ3) is 1.62. The summed E-state index contributed by atoms with van der Waals surface area (Å²) in [6.07, 6.45) is 3.72. The molecule has 1 atom stereocenters. The summed E-state index contributed by atoms with van der Waals surface area (Å²) < 4.78 is 1.88. The number of fused-ring (bicyclic) bond motifs is 1. The van der Waals surface area contributed by atoms with Crippen LogP contribution in [0, 0.1) is 0 Å². The summed E-state index contributed by atoms with van der Waals surface area (Å²) in [4.78, 5) is 4.29. The van der Waals surface area contributed by atoms with Crippen LogP contribution < -0.4 is 5.73 Å². The van der Waals surface area contributed by atoms with Crippen molar-refractivity contribution in [2.24, 2.45) is 5.73 Å². The van der Waals surface area contributed by atoms with Crippen LogP contribution in [0.2, 0.25) is 0 Å². The summed E-state index contributed by atoms with van der Waals surface area (Å²) in [6, 6.07) is 5.74. The van der Waals surface area contributed by atoms with E-state index < -0.39 is 6.10 Å². The first-order valence-electron chi connectivity index (χ1n) is 4.63. The van der Waals surface area contributed by atoms with Crippen molar-refractivity contribution in [2.75, 3.05) is 6.54 Å². The van der Waals surface area contributed by atoms with Gasteiger partial charge in [0.05, 0.1) is 11.8 Å². The molecule has 2 rings (SSSR count). The number of aliphatic hydroxyl groups is 1. The average molecular weight is 191 g/mol. The predicted molar refractivity (Wildman–Crippen MR) is 53.8 cm³/mol. The van der Waals surface area contributed by atoms with Gasteiger partial charge < -0.3 is 15.2 Å². The molecule has 0 aliphatic heterocycles. The van der Waals surface area contributed by atoms with Gasteiger partial charge in [-0.2, -0.15) is 0 Å². The lowest BCUT2D eigenvalue weighted by Gasteiger charge is -2.03. The molecule has 0 fully saturated rings. The summed E-state index contributed by atoms with van der Waals surface area (Å²) in [5, 5.41) is 9.67. The highest BCUT2D eigenvalue weighted by Crippen LogP contribution is 2.15. The lowest BCUT2D eigenvalue weighted by Crippen LogP contribution is -2.06. The summed E-state index contributed by atoms with van der Waals surface area (Å²) in [5.74, 6) is 0. The van der Waals surface area contributed by atoms with Crippen LogP contribution in [0.3, 0.4) is 0 Å². The molecule has 0 saturated carbocycles. The van der Waals surface area contributed by atoms with E-state index in [1.807, 2.05) is 35.0 Å². The minimum absolute atomic E-state index is 0.467. The van der Waals surface area contributed by atoms with E-state index in [-0.39, 0.29) is 0 Å². The van der Waals surface area contributed by atoms with Crippen molar-refractivity contribution in [2.45, 2.75) is 12.5 Å². The molecule has 4 nitrogen and oxygen atoms in total. The van der Waals surface area contributed by atoms with Gasteiger partial charge in [0.2, 0.25) is 0 Å². The van der Waals surface area contributed by atoms with Crippen LogP contribution in [0.5, 0.6) is 0 Å². The minimum Gasteiger partial charge on any atom is -0.387 e. The van der Waals surface area contributed by atoms with Crippen molar-refractivity contribution in [3.05, 3.63) is 36.3 Å². The van der Waals surface area contributed by atoms with Crippen LogP contribution in [-0.4, -0.2) is 21.0 Å². The first kappa shape index (κ1) is 9.18. The smallest absolute Gasteiger partial charge is 0.137 e. The fourth-order valence-corrected chi connectivity index (χ4v) is 1.42. The molecule has 4 heteroatoms. The molecule has 0 aliphatic rings. The highest BCUT2D eigenvalue weighted by molar-refractivity contribution is 5.39. The van der Waals surface area contributed by atoms with Crippen molar-refractivity contribution >= 4 is 5.65 Å². The molecule has 3 N–H and O–H groups in total. The Balaban J connectivity index is 2.35. The van der Waals surface area contributed by atoms with Crippen LogP contribution in [0.4, 0.5) is 0 Å². The highest BCUT2D eigenvalue weighted by Gasteiger charge is 2.10. The number of imidazole rings is 1. The molecule has 2 heterocycles. The van der Waals surface area contributed by atoms with Crippen molar-refractivity contribution < 1.29 is 5.11 Å². The molecule has 0 radical (unpaired) electrons. The first-order valence-corrected chi connectivity index (χ1v) is 4.63. The van der Waals surface area contributed by atoms with E-state index in [2.05, 4.69) is 4.98 Å². The van der Waals surface area contributed by atoms with E-state index in [1.54, 1.807) is 0 Å². The van der Waals surface area contributed by atoms with E-state index >= 15 is 0 Å². The van der Waals surface area contributed by atoms with Gasteiger partial charge in [-0.1, -0.05) is 6.07 Å². The zero-order valence-electron chi connectivity index (χ0n) is 7.80. The molecule has 74 valence electrons. The molecule has 0 aliphatic carbocycles. The summed E-state index contributed by atoms with van der Waals surface area (Å²) >= 11 is 0. The number of nitrogens with zero attached hydrogens (tertiary/aromatic N) is 2. The SMILES string of the molecule is NCC[C@H](O)c1cn2ccccc2n1. The van der Waals surface area contributed by atoms with Crippen LogP contribution in [0.25, 0.3) is 5.65 Å². The quantitative estimate of drug-likeness (QED) is 0.751. The maximum Gasteiger partial charge on any atom is 0.137 e. The zero-order valence-corrected chi connectivity index (χ0v) is 7.80. The Morgan fingerprint density at radius 2 is 2.36 bits per heavy atom. The minimum atomic E-state index is -0.556. The van der Waals surface area contributed by atoms with Crippen LogP contribution in [-0.2, 0) is 0 Å².